The highest BCUT2D eigenvalue weighted by Crippen LogP contribution is 2.26. The molecular formula is C4H5Cl4NO3S2. The monoisotopic (exact) mass is 319 g/mol. The number of hydrogen-bond donors (Lipinski definition) is 0. The van der Waals surface area contributed by atoms with E-state index in [1.54, 1.807) is 6.26 Å². The molecule has 84 valence electrons. The second-order valence-corrected chi connectivity index (χ2v) is 7.02. The molecule has 0 aliphatic heterocycles. The molecule has 0 saturated heterocycles. The van der Waals surface area contributed by atoms with Crippen LogP contribution in [0, 0.1) is 0 Å². The van der Waals surface area contributed by atoms with Crippen LogP contribution in [-0.2, 0) is 14.5 Å². The first-order valence-corrected chi connectivity index (χ1v) is 7.02. The molecule has 0 atom stereocenters. The van der Waals surface area contributed by atoms with Gasteiger partial charge in [-0.3, -0.25) is 0 Å². The summed E-state index contributed by atoms with van der Waals surface area (Å²) in [4.78, 5) is 0. The van der Waals surface area contributed by atoms with E-state index in [0.29, 0.717) is 0 Å². The summed E-state index contributed by atoms with van der Waals surface area (Å²) in [6.45, 7) is -0.623. The van der Waals surface area contributed by atoms with Gasteiger partial charge in [0.2, 0.25) is 3.79 Å². The average molecular weight is 321 g/mol. The van der Waals surface area contributed by atoms with Gasteiger partial charge in [-0.05, 0) is 6.26 Å². The van der Waals surface area contributed by atoms with E-state index < -0.39 is 20.7 Å². The summed E-state index contributed by atoms with van der Waals surface area (Å²) in [5.41, 5.74) is 0. The van der Waals surface area contributed by atoms with Crippen molar-refractivity contribution < 1.29 is 12.6 Å². The fraction of sp³-hybridized carbons (Fsp3) is 0.750. The normalized spacial score (nSPS) is 14.5. The van der Waals surface area contributed by atoms with Crippen molar-refractivity contribution in [2.24, 2.45) is 4.40 Å². The maximum atomic E-state index is 11.0. The number of nitrogens with zero attached hydrogens (tertiary/aromatic N) is 1. The van der Waals surface area contributed by atoms with Gasteiger partial charge in [-0.15, -0.1) is 4.40 Å². The molecule has 0 amide bonds. The third-order valence-corrected chi connectivity index (χ3v) is 3.06. The Bertz CT molecular complexity index is 309. The fourth-order valence-corrected chi connectivity index (χ4v) is 2.03. The molecule has 0 bridgehead atoms. The molecular weight excluding hydrogens is 316 g/mol. The Hall–Kier alpha value is 1.09. The highest BCUT2D eigenvalue weighted by atomic mass is 35.6. The molecule has 0 radical (unpaired) electrons. The van der Waals surface area contributed by atoms with Crippen LogP contribution in [0.3, 0.4) is 0 Å². The molecule has 0 spiro atoms. The molecule has 4 nitrogen and oxygen atoms in total. The van der Waals surface area contributed by atoms with Crippen molar-refractivity contribution in [3.63, 3.8) is 0 Å². The highest BCUT2D eigenvalue weighted by Gasteiger charge is 2.24. The molecule has 0 N–H and O–H groups in total. The summed E-state index contributed by atoms with van der Waals surface area (Å²) in [6, 6.07) is 0. The summed E-state index contributed by atoms with van der Waals surface area (Å²) >= 11 is 22.1. The molecule has 14 heavy (non-hydrogen) atoms. The van der Waals surface area contributed by atoms with Gasteiger partial charge in [0.1, 0.15) is 6.61 Å². The lowest BCUT2D eigenvalue weighted by Gasteiger charge is -2.08. The Balaban J connectivity index is 4.38. The maximum Gasteiger partial charge on any atom is 0.382 e. The van der Waals surface area contributed by atoms with Crippen molar-refractivity contribution in [3.05, 3.63) is 0 Å². The van der Waals surface area contributed by atoms with E-state index in [4.69, 9.17) is 46.4 Å². The van der Waals surface area contributed by atoms with E-state index >= 15 is 0 Å². The summed E-state index contributed by atoms with van der Waals surface area (Å²) < 4.78 is 27.2. The molecule has 0 aliphatic carbocycles. The van der Waals surface area contributed by atoms with Crippen molar-refractivity contribution >= 4 is 73.0 Å². The van der Waals surface area contributed by atoms with Crippen molar-refractivity contribution in [1.29, 1.82) is 0 Å². The van der Waals surface area contributed by atoms with Crippen LogP contribution in [0.5, 0.6) is 0 Å². The Morgan fingerprint density at radius 1 is 1.50 bits per heavy atom. The molecule has 0 aromatic rings. The lowest BCUT2D eigenvalue weighted by atomic mass is 10.9. The standard InChI is InChI=1S/C4H5Cl4NO3S2/c1-13-3(5)9-14(10,11)12-2-4(6,7)8/h2H2,1H3. The van der Waals surface area contributed by atoms with E-state index in [0.717, 1.165) is 11.8 Å². The van der Waals surface area contributed by atoms with Crippen LogP contribution in [0.25, 0.3) is 0 Å². The van der Waals surface area contributed by atoms with E-state index in [-0.39, 0.29) is 4.50 Å². The predicted octanol–water partition coefficient (Wildman–Crippen LogP) is 2.58. The molecule has 0 aromatic carbocycles. The third-order valence-electron chi connectivity index (χ3n) is 0.724. The zero-order chi connectivity index (χ0) is 11.4. The molecule has 0 unspecified atom stereocenters. The van der Waals surface area contributed by atoms with Gasteiger partial charge >= 0.3 is 10.3 Å². The first-order chi connectivity index (χ1) is 6.16. The second kappa shape index (κ2) is 5.98. The fourth-order valence-electron chi connectivity index (χ4n) is 0.293. The van der Waals surface area contributed by atoms with Crippen molar-refractivity contribution in [2.75, 3.05) is 12.9 Å². The lowest BCUT2D eigenvalue weighted by molar-refractivity contribution is 0.326. The maximum absolute atomic E-state index is 11.0. The van der Waals surface area contributed by atoms with Crippen LogP contribution < -0.4 is 0 Å². The SMILES string of the molecule is CSC(Cl)=NS(=O)(=O)OCC(Cl)(Cl)Cl. The minimum absolute atomic E-state index is 0.186. The van der Waals surface area contributed by atoms with E-state index in [1.165, 1.54) is 0 Å². The number of hydrogen-bond acceptors (Lipinski definition) is 4. The van der Waals surface area contributed by atoms with Crippen LogP contribution in [0.2, 0.25) is 0 Å². The summed E-state index contributed by atoms with van der Waals surface area (Å²) in [5.74, 6) is 0. The Kier molecular flexibility index (Phi) is 6.45. The predicted molar refractivity (Wildman–Crippen MR) is 62.0 cm³/mol. The van der Waals surface area contributed by atoms with E-state index in [1.807, 2.05) is 0 Å². The van der Waals surface area contributed by atoms with Gasteiger partial charge in [-0.2, -0.15) is 8.42 Å². The molecule has 0 rings (SSSR count). The second-order valence-electron chi connectivity index (χ2n) is 1.85. The topological polar surface area (TPSA) is 55.7 Å². The minimum Gasteiger partial charge on any atom is -0.248 e. The summed E-state index contributed by atoms with van der Waals surface area (Å²) in [6.07, 6.45) is 1.55. The quantitative estimate of drug-likeness (QED) is 0.455. The van der Waals surface area contributed by atoms with Crippen LogP contribution >= 0.6 is 58.2 Å². The number of rotatable bonds is 3. The molecule has 10 heteroatoms. The summed E-state index contributed by atoms with van der Waals surface area (Å²) in [7, 11) is -4.14. The molecule has 0 fully saturated rings. The molecule has 0 heterocycles. The smallest absolute Gasteiger partial charge is 0.248 e. The van der Waals surface area contributed by atoms with Gasteiger partial charge in [-0.25, -0.2) is 4.18 Å². The highest BCUT2D eigenvalue weighted by molar-refractivity contribution is 8.16. The Morgan fingerprint density at radius 3 is 2.36 bits per heavy atom. The Morgan fingerprint density at radius 2 is 2.00 bits per heavy atom. The van der Waals surface area contributed by atoms with Crippen molar-refractivity contribution in [2.45, 2.75) is 3.79 Å². The van der Waals surface area contributed by atoms with Crippen LogP contribution in [0.15, 0.2) is 4.40 Å². The van der Waals surface area contributed by atoms with Crippen LogP contribution in [0.4, 0.5) is 0 Å². The first kappa shape index (κ1) is 15.1. The zero-order valence-corrected chi connectivity index (χ0v) is 11.4. The van der Waals surface area contributed by atoms with Crippen molar-refractivity contribution in [1.82, 2.24) is 0 Å². The largest absolute Gasteiger partial charge is 0.382 e. The van der Waals surface area contributed by atoms with Gasteiger partial charge in [-0.1, -0.05) is 58.2 Å². The van der Waals surface area contributed by atoms with Gasteiger partial charge < -0.3 is 0 Å². The van der Waals surface area contributed by atoms with E-state index in [9.17, 15) is 8.42 Å². The third kappa shape index (κ3) is 8.40. The van der Waals surface area contributed by atoms with Gasteiger partial charge in [0.05, 0.1) is 0 Å². The zero-order valence-electron chi connectivity index (χ0n) is 6.71. The van der Waals surface area contributed by atoms with Gasteiger partial charge in [0.15, 0.2) is 4.50 Å². The first-order valence-electron chi connectivity index (χ1n) is 2.92. The average Bonchev–Trinajstić information content (AvgIpc) is 1.99. The molecule has 0 saturated carbocycles. The summed E-state index contributed by atoms with van der Waals surface area (Å²) in [5, 5.41) is 0. The van der Waals surface area contributed by atoms with Crippen molar-refractivity contribution in [3.8, 4) is 0 Å². The van der Waals surface area contributed by atoms with Gasteiger partial charge in [0.25, 0.3) is 0 Å². The number of alkyl halides is 3. The van der Waals surface area contributed by atoms with Crippen LogP contribution in [-0.4, -0.2) is 29.6 Å². The minimum atomic E-state index is -4.14. The number of halogens is 4. The van der Waals surface area contributed by atoms with E-state index in [2.05, 4.69) is 8.58 Å². The molecule has 0 aliphatic rings. The van der Waals surface area contributed by atoms with Gasteiger partial charge in [0, 0.05) is 0 Å². The lowest BCUT2D eigenvalue weighted by Crippen LogP contribution is -2.16. The number of thioether (sulfide) groups is 1. The molecule has 0 aromatic heterocycles. The Labute approximate surface area is 106 Å². The van der Waals surface area contributed by atoms with Crippen LogP contribution in [0.1, 0.15) is 0 Å².